The summed E-state index contributed by atoms with van der Waals surface area (Å²) in [7, 11) is 0. The average Bonchev–Trinajstić information content (AvgIpc) is 2.89. The molecule has 0 saturated heterocycles. The molecule has 0 unspecified atom stereocenters. The quantitative estimate of drug-likeness (QED) is 0.285. The first kappa shape index (κ1) is 18.2. The molecule has 0 fully saturated rings. The molecule has 1 aromatic rings. The van der Waals surface area contributed by atoms with Crippen molar-refractivity contribution in [1.29, 1.82) is 0 Å². The number of aliphatic imine (C=N–C) groups is 1. The van der Waals surface area contributed by atoms with Crippen LogP contribution in [0.5, 0.6) is 0 Å². The van der Waals surface area contributed by atoms with E-state index >= 15 is 0 Å². The Labute approximate surface area is 135 Å². The Kier molecular flexibility index (Phi) is 10.6. The second-order valence-electron chi connectivity index (χ2n) is 3.78. The molecular weight excluding hydrogens is 375 g/mol. The van der Waals surface area contributed by atoms with Gasteiger partial charge in [0.15, 0.2) is 5.96 Å². The maximum absolute atomic E-state index is 11.6. The molecule has 0 aliphatic carbocycles. The molecule has 0 bridgehead atoms. The highest BCUT2D eigenvalue weighted by molar-refractivity contribution is 14.0. The van der Waals surface area contributed by atoms with Crippen LogP contribution < -0.4 is 16.4 Å². The van der Waals surface area contributed by atoms with Gasteiger partial charge in [-0.05, 0) is 24.3 Å². The monoisotopic (exact) mass is 396 g/mol. The lowest BCUT2D eigenvalue weighted by Gasteiger charge is -2.06. The molecule has 1 rings (SSSR count). The number of hydrogen-bond acceptors (Lipinski definition) is 3. The van der Waals surface area contributed by atoms with E-state index in [4.69, 9.17) is 5.73 Å². The SMILES string of the molecule is CCCN=C(N)NCCCNC(=O)c1cccs1.I. The maximum atomic E-state index is 11.6. The fourth-order valence-corrected chi connectivity index (χ4v) is 1.93. The number of carbonyl (C=O) groups excluding carboxylic acids is 1. The Morgan fingerprint density at radius 3 is 2.79 bits per heavy atom. The largest absolute Gasteiger partial charge is 0.370 e. The molecular formula is C12H21IN4OS. The van der Waals surface area contributed by atoms with Gasteiger partial charge in [-0.1, -0.05) is 13.0 Å². The Morgan fingerprint density at radius 1 is 1.42 bits per heavy atom. The summed E-state index contributed by atoms with van der Waals surface area (Å²) >= 11 is 1.44. The number of thiophene rings is 1. The first-order chi connectivity index (χ1) is 8.74. The van der Waals surface area contributed by atoms with Gasteiger partial charge in [0.1, 0.15) is 0 Å². The number of nitrogens with zero attached hydrogens (tertiary/aromatic N) is 1. The van der Waals surface area contributed by atoms with Crippen LogP contribution in [-0.4, -0.2) is 31.5 Å². The van der Waals surface area contributed by atoms with Crippen molar-refractivity contribution in [1.82, 2.24) is 10.6 Å². The number of carbonyl (C=O) groups is 1. The fraction of sp³-hybridized carbons (Fsp3) is 0.500. The molecule has 0 aliphatic rings. The molecule has 1 heterocycles. The predicted molar refractivity (Wildman–Crippen MR) is 91.5 cm³/mol. The summed E-state index contributed by atoms with van der Waals surface area (Å²) in [4.78, 5) is 16.4. The van der Waals surface area contributed by atoms with Crippen molar-refractivity contribution in [3.8, 4) is 0 Å². The van der Waals surface area contributed by atoms with Gasteiger partial charge >= 0.3 is 0 Å². The molecule has 0 radical (unpaired) electrons. The number of rotatable bonds is 7. The van der Waals surface area contributed by atoms with Gasteiger partial charge in [-0.2, -0.15) is 0 Å². The van der Waals surface area contributed by atoms with E-state index in [0.717, 1.165) is 24.3 Å². The third-order valence-electron chi connectivity index (χ3n) is 2.20. The van der Waals surface area contributed by atoms with E-state index in [1.165, 1.54) is 11.3 Å². The van der Waals surface area contributed by atoms with E-state index in [2.05, 4.69) is 22.5 Å². The summed E-state index contributed by atoms with van der Waals surface area (Å²) in [6.07, 6.45) is 1.80. The normalized spacial score (nSPS) is 10.7. The minimum Gasteiger partial charge on any atom is -0.370 e. The maximum Gasteiger partial charge on any atom is 0.261 e. The van der Waals surface area contributed by atoms with Crippen molar-refractivity contribution in [3.05, 3.63) is 22.4 Å². The van der Waals surface area contributed by atoms with E-state index in [1.54, 1.807) is 0 Å². The minimum absolute atomic E-state index is 0. The van der Waals surface area contributed by atoms with Crippen molar-refractivity contribution < 1.29 is 4.79 Å². The summed E-state index contributed by atoms with van der Waals surface area (Å²) in [6, 6.07) is 3.68. The van der Waals surface area contributed by atoms with Crippen LogP contribution >= 0.6 is 35.3 Å². The van der Waals surface area contributed by atoms with E-state index in [-0.39, 0.29) is 29.9 Å². The first-order valence-corrected chi connectivity index (χ1v) is 6.97. The lowest BCUT2D eigenvalue weighted by molar-refractivity contribution is 0.0957. The van der Waals surface area contributed by atoms with Gasteiger partial charge in [-0.25, -0.2) is 0 Å². The minimum atomic E-state index is -0.0161. The molecule has 0 saturated carbocycles. The molecule has 0 spiro atoms. The molecule has 19 heavy (non-hydrogen) atoms. The second kappa shape index (κ2) is 11.0. The van der Waals surface area contributed by atoms with Crippen LogP contribution in [0.3, 0.4) is 0 Å². The highest BCUT2D eigenvalue weighted by Gasteiger charge is 2.04. The number of hydrogen-bond donors (Lipinski definition) is 3. The van der Waals surface area contributed by atoms with E-state index in [0.29, 0.717) is 19.0 Å². The van der Waals surface area contributed by atoms with Crippen LogP contribution in [0.1, 0.15) is 29.4 Å². The molecule has 0 aliphatic heterocycles. The number of nitrogens with one attached hydrogen (secondary N) is 2. The molecule has 1 aromatic heterocycles. The molecule has 108 valence electrons. The zero-order chi connectivity index (χ0) is 13.2. The zero-order valence-electron chi connectivity index (χ0n) is 11.0. The van der Waals surface area contributed by atoms with Crippen molar-refractivity contribution in [3.63, 3.8) is 0 Å². The molecule has 7 heteroatoms. The van der Waals surface area contributed by atoms with Gasteiger partial charge in [-0.3, -0.25) is 9.79 Å². The molecule has 0 aromatic carbocycles. The Morgan fingerprint density at radius 2 is 2.16 bits per heavy atom. The fourth-order valence-electron chi connectivity index (χ4n) is 1.29. The Bertz CT molecular complexity index is 381. The summed E-state index contributed by atoms with van der Waals surface area (Å²) < 4.78 is 0. The predicted octanol–water partition coefficient (Wildman–Crippen LogP) is 1.80. The van der Waals surface area contributed by atoms with Gasteiger partial charge in [-0.15, -0.1) is 35.3 Å². The molecule has 1 amide bonds. The summed E-state index contributed by atoms with van der Waals surface area (Å²) in [5.74, 6) is 0.457. The van der Waals surface area contributed by atoms with Crippen LogP contribution in [0.25, 0.3) is 0 Å². The van der Waals surface area contributed by atoms with Gasteiger partial charge < -0.3 is 16.4 Å². The highest BCUT2D eigenvalue weighted by atomic mass is 127. The summed E-state index contributed by atoms with van der Waals surface area (Å²) in [6.45, 7) is 4.14. The first-order valence-electron chi connectivity index (χ1n) is 6.09. The van der Waals surface area contributed by atoms with E-state index in [1.807, 2.05) is 17.5 Å². The van der Waals surface area contributed by atoms with Crippen LogP contribution in [0.15, 0.2) is 22.5 Å². The van der Waals surface area contributed by atoms with Gasteiger partial charge in [0, 0.05) is 19.6 Å². The highest BCUT2D eigenvalue weighted by Crippen LogP contribution is 2.07. The molecule has 5 nitrogen and oxygen atoms in total. The van der Waals surface area contributed by atoms with Crippen molar-refractivity contribution in [2.24, 2.45) is 10.7 Å². The van der Waals surface area contributed by atoms with Gasteiger partial charge in [0.25, 0.3) is 5.91 Å². The smallest absolute Gasteiger partial charge is 0.261 e. The van der Waals surface area contributed by atoms with Crippen molar-refractivity contribution in [2.75, 3.05) is 19.6 Å². The third-order valence-corrected chi connectivity index (χ3v) is 3.06. The number of amides is 1. The van der Waals surface area contributed by atoms with Crippen LogP contribution in [0.2, 0.25) is 0 Å². The molecule has 0 atom stereocenters. The van der Waals surface area contributed by atoms with Crippen molar-refractivity contribution in [2.45, 2.75) is 19.8 Å². The van der Waals surface area contributed by atoms with Crippen LogP contribution in [0, 0.1) is 0 Å². The number of guanidine groups is 1. The van der Waals surface area contributed by atoms with E-state index < -0.39 is 0 Å². The van der Waals surface area contributed by atoms with Gasteiger partial charge in [0.05, 0.1) is 4.88 Å². The summed E-state index contributed by atoms with van der Waals surface area (Å²) in [5, 5.41) is 7.75. The van der Waals surface area contributed by atoms with Crippen LogP contribution in [-0.2, 0) is 0 Å². The number of nitrogens with two attached hydrogens (primary N) is 1. The standard InChI is InChI=1S/C12H20N4OS.HI/c1-2-6-15-12(13)16-8-4-7-14-11(17)10-5-3-9-18-10;/h3,5,9H,2,4,6-8H2,1H3,(H,14,17)(H3,13,15,16);1H. The lowest BCUT2D eigenvalue weighted by Crippen LogP contribution is -2.34. The van der Waals surface area contributed by atoms with E-state index in [9.17, 15) is 4.79 Å². The zero-order valence-corrected chi connectivity index (χ0v) is 14.2. The second-order valence-corrected chi connectivity index (χ2v) is 4.73. The Hall–Kier alpha value is -0.830. The lowest BCUT2D eigenvalue weighted by atomic mass is 10.4. The summed E-state index contributed by atoms with van der Waals surface area (Å²) in [5.41, 5.74) is 5.63. The number of halogens is 1. The van der Waals surface area contributed by atoms with Gasteiger partial charge in [0.2, 0.25) is 0 Å². The molecule has 4 N–H and O–H groups in total. The van der Waals surface area contributed by atoms with Crippen LogP contribution in [0.4, 0.5) is 0 Å². The third kappa shape index (κ3) is 8.04. The van der Waals surface area contributed by atoms with Crippen molar-refractivity contribution >= 4 is 47.2 Å². The Balaban J connectivity index is 0.00000324. The topological polar surface area (TPSA) is 79.5 Å². The average molecular weight is 396 g/mol.